The van der Waals surface area contributed by atoms with Gasteiger partial charge in [-0.15, -0.1) is 0 Å². The summed E-state index contributed by atoms with van der Waals surface area (Å²) in [7, 11) is 1.61. The highest BCUT2D eigenvalue weighted by Crippen LogP contribution is 2.45. The molecule has 0 radical (unpaired) electrons. The molecule has 0 aliphatic carbocycles. The maximum absolute atomic E-state index is 13.5. The van der Waals surface area contributed by atoms with Crippen molar-refractivity contribution in [3.05, 3.63) is 76.9 Å². The zero-order valence-electron chi connectivity index (χ0n) is 18.9. The molecule has 0 spiro atoms. The largest absolute Gasteiger partial charge is 0.497 e. The maximum Gasteiger partial charge on any atom is 0.254 e. The van der Waals surface area contributed by atoms with Crippen molar-refractivity contribution >= 4 is 11.8 Å². The van der Waals surface area contributed by atoms with Crippen LogP contribution in [0.3, 0.4) is 0 Å². The van der Waals surface area contributed by atoms with Gasteiger partial charge in [-0.1, -0.05) is 23.4 Å². The molecule has 0 unspecified atom stereocenters. The van der Waals surface area contributed by atoms with Crippen molar-refractivity contribution in [3.63, 3.8) is 0 Å². The molecule has 2 fully saturated rings. The highest BCUT2D eigenvalue weighted by atomic mass is 16.5. The summed E-state index contributed by atoms with van der Waals surface area (Å²) in [6.45, 7) is 5.58. The second-order valence-electron chi connectivity index (χ2n) is 8.92. The summed E-state index contributed by atoms with van der Waals surface area (Å²) >= 11 is 0. The predicted octanol–water partition coefficient (Wildman–Crippen LogP) is 2.86. The first-order chi connectivity index (χ1) is 15.9. The Kier molecular flexibility index (Phi) is 5.15. The van der Waals surface area contributed by atoms with E-state index in [-0.39, 0.29) is 17.7 Å². The van der Waals surface area contributed by atoms with Crippen LogP contribution in [-0.4, -0.2) is 65.0 Å². The first-order valence-corrected chi connectivity index (χ1v) is 11.0. The standard InChI is InChI=1S/C25H26N4O4/c1-16-11-20(32-3)9-10-21(16)23(31)29-13-19-12-28(22(30)18-7-5-4-6-8-18)14-25(19,15-29)24-26-17(2)27-33-24/h4-11,19H,12-15H2,1-3H3/t19-,25-/m1/s1. The number of ether oxygens (including phenoxy) is 1. The number of hydrogen-bond donors (Lipinski definition) is 0. The van der Waals surface area contributed by atoms with Gasteiger partial charge in [0.2, 0.25) is 5.89 Å². The van der Waals surface area contributed by atoms with Crippen LogP contribution in [0.25, 0.3) is 0 Å². The lowest BCUT2D eigenvalue weighted by Gasteiger charge is -2.26. The van der Waals surface area contributed by atoms with E-state index in [1.54, 1.807) is 26.2 Å². The molecule has 5 rings (SSSR count). The molecule has 2 aromatic carbocycles. The van der Waals surface area contributed by atoms with E-state index in [4.69, 9.17) is 9.26 Å². The van der Waals surface area contributed by atoms with Gasteiger partial charge in [-0.05, 0) is 49.7 Å². The van der Waals surface area contributed by atoms with E-state index in [2.05, 4.69) is 10.1 Å². The summed E-state index contributed by atoms with van der Waals surface area (Å²) in [5, 5.41) is 4.00. The fourth-order valence-corrected chi connectivity index (χ4v) is 5.11. The highest BCUT2D eigenvalue weighted by Gasteiger charge is 2.58. The first-order valence-electron chi connectivity index (χ1n) is 11.0. The van der Waals surface area contributed by atoms with Crippen molar-refractivity contribution < 1.29 is 18.8 Å². The molecule has 3 heterocycles. The van der Waals surface area contributed by atoms with Gasteiger partial charge in [0.25, 0.3) is 11.8 Å². The van der Waals surface area contributed by atoms with E-state index in [9.17, 15) is 9.59 Å². The Balaban J connectivity index is 1.44. The summed E-state index contributed by atoms with van der Waals surface area (Å²) in [5.74, 6) is 1.70. The van der Waals surface area contributed by atoms with Gasteiger partial charge in [0, 0.05) is 43.2 Å². The minimum Gasteiger partial charge on any atom is -0.497 e. The fourth-order valence-electron chi connectivity index (χ4n) is 5.11. The van der Waals surface area contributed by atoms with Crippen molar-refractivity contribution in [2.75, 3.05) is 33.3 Å². The number of hydrogen-bond acceptors (Lipinski definition) is 6. The van der Waals surface area contributed by atoms with E-state index in [1.807, 2.05) is 53.1 Å². The van der Waals surface area contributed by atoms with Crippen molar-refractivity contribution in [2.45, 2.75) is 19.3 Å². The van der Waals surface area contributed by atoms with Gasteiger partial charge in [-0.3, -0.25) is 9.59 Å². The Morgan fingerprint density at radius 2 is 1.73 bits per heavy atom. The zero-order chi connectivity index (χ0) is 23.2. The van der Waals surface area contributed by atoms with Gasteiger partial charge in [0.1, 0.15) is 5.75 Å². The van der Waals surface area contributed by atoms with Crippen LogP contribution in [0.15, 0.2) is 53.1 Å². The van der Waals surface area contributed by atoms with Crippen molar-refractivity contribution in [2.24, 2.45) is 5.92 Å². The molecule has 1 aromatic heterocycles. The second-order valence-corrected chi connectivity index (χ2v) is 8.92. The lowest BCUT2D eigenvalue weighted by Crippen LogP contribution is -2.41. The van der Waals surface area contributed by atoms with Crippen LogP contribution in [0.4, 0.5) is 0 Å². The topological polar surface area (TPSA) is 88.8 Å². The molecular weight excluding hydrogens is 420 g/mol. The number of nitrogens with zero attached hydrogens (tertiary/aromatic N) is 4. The Morgan fingerprint density at radius 3 is 2.33 bits per heavy atom. The molecule has 0 bridgehead atoms. The van der Waals surface area contributed by atoms with Gasteiger partial charge < -0.3 is 19.1 Å². The third kappa shape index (κ3) is 3.55. The van der Waals surface area contributed by atoms with Crippen molar-refractivity contribution in [1.29, 1.82) is 0 Å². The summed E-state index contributed by atoms with van der Waals surface area (Å²) < 4.78 is 10.9. The Bertz CT molecular complexity index is 1210. The van der Waals surface area contributed by atoms with Crippen LogP contribution in [0.5, 0.6) is 5.75 Å². The molecule has 3 aromatic rings. The molecule has 8 heteroatoms. The van der Waals surface area contributed by atoms with Crippen LogP contribution in [0.2, 0.25) is 0 Å². The third-order valence-electron chi connectivity index (χ3n) is 6.82. The zero-order valence-corrected chi connectivity index (χ0v) is 18.9. The molecule has 170 valence electrons. The van der Waals surface area contributed by atoms with E-state index in [1.165, 1.54) is 0 Å². The molecule has 2 aliphatic heterocycles. The minimum absolute atomic E-state index is 0.00696. The molecule has 2 atom stereocenters. The lowest BCUT2D eigenvalue weighted by molar-refractivity contribution is 0.0727. The maximum atomic E-state index is 13.5. The molecule has 2 amide bonds. The number of methoxy groups -OCH3 is 1. The number of rotatable bonds is 4. The molecule has 2 saturated heterocycles. The van der Waals surface area contributed by atoms with Crippen LogP contribution < -0.4 is 4.74 Å². The van der Waals surface area contributed by atoms with Crippen LogP contribution in [0.1, 0.15) is 38.0 Å². The molecule has 0 saturated carbocycles. The fraction of sp³-hybridized carbons (Fsp3) is 0.360. The number of amides is 2. The lowest BCUT2D eigenvalue weighted by atomic mass is 9.81. The normalized spacial score (nSPS) is 21.8. The smallest absolute Gasteiger partial charge is 0.254 e. The highest BCUT2D eigenvalue weighted by molar-refractivity contribution is 5.97. The van der Waals surface area contributed by atoms with E-state index < -0.39 is 5.41 Å². The summed E-state index contributed by atoms with van der Waals surface area (Å²) in [4.78, 5) is 34.8. The molecule has 8 nitrogen and oxygen atoms in total. The average Bonchev–Trinajstić information content (AvgIpc) is 3.51. The van der Waals surface area contributed by atoms with Gasteiger partial charge in [0.15, 0.2) is 5.82 Å². The average molecular weight is 447 g/mol. The molecule has 33 heavy (non-hydrogen) atoms. The molecule has 0 N–H and O–H groups in total. The van der Waals surface area contributed by atoms with Crippen LogP contribution in [-0.2, 0) is 5.41 Å². The SMILES string of the molecule is COc1ccc(C(=O)N2C[C@H]3CN(C(=O)c4ccccc4)C[C@@]3(c3nc(C)no3)C2)c(C)c1. The number of aromatic nitrogens is 2. The Hall–Kier alpha value is -3.68. The number of fused-ring (bicyclic) bond motifs is 1. The van der Waals surface area contributed by atoms with Gasteiger partial charge in [-0.2, -0.15) is 4.98 Å². The summed E-state index contributed by atoms with van der Waals surface area (Å²) in [6.07, 6.45) is 0. The molecule has 2 aliphatic rings. The number of carbonyl (C=O) groups excluding carboxylic acids is 2. The number of aryl methyl sites for hydroxylation is 2. The number of benzene rings is 2. The van der Waals surface area contributed by atoms with Crippen LogP contribution >= 0.6 is 0 Å². The van der Waals surface area contributed by atoms with Gasteiger partial charge in [0.05, 0.1) is 12.5 Å². The third-order valence-corrected chi connectivity index (χ3v) is 6.82. The minimum atomic E-state index is -0.582. The Labute approximate surface area is 192 Å². The van der Waals surface area contributed by atoms with Crippen molar-refractivity contribution in [3.8, 4) is 5.75 Å². The number of likely N-dealkylation sites (tertiary alicyclic amines) is 2. The van der Waals surface area contributed by atoms with E-state index >= 15 is 0 Å². The van der Waals surface area contributed by atoms with Crippen LogP contribution in [0, 0.1) is 19.8 Å². The molecular formula is C25H26N4O4. The quantitative estimate of drug-likeness (QED) is 0.612. The van der Waals surface area contributed by atoms with E-state index in [0.717, 1.165) is 11.3 Å². The predicted molar refractivity (Wildman–Crippen MR) is 120 cm³/mol. The van der Waals surface area contributed by atoms with Gasteiger partial charge >= 0.3 is 0 Å². The Morgan fingerprint density at radius 1 is 1.03 bits per heavy atom. The summed E-state index contributed by atoms with van der Waals surface area (Å²) in [6, 6.07) is 14.7. The van der Waals surface area contributed by atoms with Crippen molar-refractivity contribution in [1.82, 2.24) is 19.9 Å². The second kappa shape index (κ2) is 8.03. The van der Waals surface area contributed by atoms with E-state index in [0.29, 0.717) is 49.0 Å². The first kappa shape index (κ1) is 21.2. The number of carbonyl (C=O) groups is 2. The monoisotopic (exact) mass is 446 g/mol. The summed E-state index contributed by atoms with van der Waals surface area (Å²) in [5.41, 5.74) is 1.57. The van der Waals surface area contributed by atoms with Gasteiger partial charge in [-0.25, -0.2) is 0 Å².